The molecule has 2 unspecified atom stereocenters. The maximum Gasteiger partial charge on any atom is 0.0898 e. The molecule has 0 saturated carbocycles. The number of morpholine rings is 1. The van der Waals surface area contributed by atoms with Crippen LogP contribution in [0.3, 0.4) is 0 Å². The Balaban J connectivity index is 1.77. The molecule has 102 valence electrons. The summed E-state index contributed by atoms with van der Waals surface area (Å²) in [5, 5.41) is 6.90. The van der Waals surface area contributed by atoms with Crippen LogP contribution in [0.4, 0.5) is 0 Å². The molecule has 2 rings (SSSR count). The van der Waals surface area contributed by atoms with Crippen molar-refractivity contribution in [1.29, 1.82) is 0 Å². The molecule has 0 bridgehead atoms. The van der Waals surface area contributed by atoms with Crippen LogP contribution in [0.25, 0.3) is 0 Å². The van der Waals surface area contributed by atoms with Gasteiger partial charge in [-0.2, -0.15) is 0 Å². The lowest BCUT2D eigenvalue weighted by Crippen LogP contribution is -2.45. The minimum atomic E-state index is 0.325. The second-order valence-electron chi connectivity index (χ2n) is 4.99. The van der Waals surface area contributed by atoms with Gasteiger partial charge in [-0.1, -0.05) is 0 Å². The van der Waals surface area contributed by atoms with Gasteiger partial charge in [-0.25, -0.2) is 4.98 Å². The molecule has 2 heterocycles. The normalized spacial score (nSPS) is 20.8. The number of ether oxygens (including phenoxy) is 1. The van der Waals surface area contributed by atoms with Gasteiger partial charge in [-0.3, -0.25) is 4.90 Å². The summed E-state index contributed by atoms with van der Waals surface area (Å²) in [4.78, 5) is 6.99. The van der Waals surface area contributed by atoms with E-state index >= 15 is 0 Å². The number of aryl methyl sites for hydroxylation is 1. The van der Waals surface area contributed by atoms with Gasteiger partial charge in [0.25, 0.3) is 0 Å². The summed E-state index contributed by atoms with van der Waals surface area (Å²) in [5.41, 5.74) is 1.16. The molecule has 1 aliphatic rings. The lowest BCUT2D eigenvalue weighted by molar-refractivity contribution is 0.0339. The molecule has 1 saturated heterocycles. The summed E-state index contributed by atoms with van der Waals surface area (Å²) in [5.74, 6) is 0. The Kier molecular flexibility index (Phi) is 5.12. The van der Waals surface area contributed by atoms with Crippen molar-refractivity contribution in [1.82, 2.24) is 15.2 Å². The van der Waals surface area contributed by atoms with Gasteiger partial charge in [0.05, 0.1) is 23.9 Å². The van der Waals surface area contributed by atoms with Gasteiger partial charge in [0, 0.05) is 37.1 Å². The van der Waals surface area contributed by atoms with Crippen molar-refractivity contribution in [3.05, 3.63) is 16.1 Å². The molecule has 1 fully saturated rings. The molecule has 0 spiro atoms. The fraction of sp³-hybridized carbons (Fsp3) is 0.769. The third-order valence-corrected chi connectivity index (χ3v) is 4.04. The first-order chi connectivity index (χ1) is 8.65. The summed E-state index contributed by atoms with van der Waals surface area (Å²) in [6.45, 7) is 11.4. The smallest absolute Gasteiger partial charge is 0.0898 e. The van der Waals surface area contributed by atoms with Crippen LogP contribution in [0.5, 0.6) is 0 Å². The quantitative estimate of drug-likeness (QED) is 0.885. The van der Waals surface area contributed by atoms with Crippen molar-refractivity contribution >= 4 is 11.3 Å². The zero-order valence-corrected chi connectivity index (χ0v) is 12.3. The Morgan fingerprint density at radius 1 is 1.44 bits per heavy atom. The maximum atomic E-state index is 5.36. The summed E-state index contributed by atoms with van der Waals surface area (Å²) < 4.78 is 5.36. The number of aromatic nitrogens is 1. The second kappa shape index (κ2) is 6.61. The number of hydrogen-bond acceptors (Lipinski definition) is 5. The highest BCUT2D eigenvalue weighted by Crippen LogP contribution is 2.16. The topological polar surface area (TPSA) is 37.4 Å². The van der Waals surface area contributed by atoms with Gasteiger partial charge in [-0.15, -0.1) is 11.3 Å². The molecular formula is C13H23N3OS. The summed E-state index contributed by atoms with van der Waals surface area (Å²) in [6, 6.07) is 0.797. The van der Waals surface area contributed by atoms with Gasteiger partial charge in [-0.05, 0) is 20.8 Å². The van der Waals surface area contributed by atoms with Crippen LogP contribution in [-0.4, -0.2) is 48.8 Å². The molecule has 0 amide bonds. The molecule has 0 aliphatic carbocycles. The average Bonchev–Trinajstić information content (AvgIpc) is 2.77. The van der Waals surface area contributed by atoms with E-state index in [4.69, 9.17) is 4.74 Å². The number of nitrogens with one attached hydrogen (secondary N) is 1. The third-order valence-electron chi connectivity index (χ3n) is 3.25. The summed E-state index contributed by atoms with van der Waals surface area (Å²) in [6.07, 6.45) is 0. The Hall–Kier alpha value is -0.490. The molecule has 2 atom stereocenters. The lowest BCUT2D eigenvalue weighted by atomic mass is 10.2. The molecule has 0 radical (unpaired) electrons. The first-order valence-electron chi connectivity index (χ1n) is 6.63. The summed E-state index contributed by atoms with van der Waals surface area (Å²) in [7, 11) is 0. The Bertz CT molecular complexity index is 363. The van der Waals surface area contributed by atoms with Crippen LogP contribution in [0.15, 0.2) is 5.38 Å². The van der Waals surface area contributed by atoms with Gasteiger partial charge >= 0.3 is 0 Å². The van der Waals surface area contributed by atoms with E-state index in [1.54, 1.807) is 11.3 Å². The Morgan fingerprint density at radius 3 is 2.78 bits per heavy atom. The van der Waals surface area contributed by atoms with Gasteiger partial charge in [0.1, 0.15) is 0 Å². The van der Waals surface area contributed by atoms with E-state index in [1.165, 1.54) is 0 Å². The van der Waals surface area contributed by atoms with Crippen LogP contribution in [-0.2, 0) is 4.74 Å². The van der Waals surface area contributed by atoms with Crippen LogP contribution < -0.4 is 5.32 Å². The molecule has 5 heteroatoms. The molecule has 18 heavy (non-hydrogen) atoms. The highest BCUT2D eigenvalue weighted by atomic mass is 32.1. The molecule has 4 nitrogen and oxygen atoms in total. The van der Waals surface area contributed by atoms with E-state index in [0.717, 1.165) is 43.5 Å². The minimum absolute atomic E-state index is 0.325. The van der Waals surface area contributed by atoms with Crippen LogP contribution >= 0.6 is 11.3 Å². The summed E-state index contributed by atoms with van der Waals surface area (Å²) >= 11 is 1.72. The first kappa shape index (κ1) is 13.9. The number of rotatable bonds is 5. The average molecular weight is 269 g/mol. The van der Waals surface area contributed by atoms with Crippen molar-refractivity contribution in [3.63, 3.8) is 0 Å². The SMILES string of the molecule is Cc1nc(C(C)NC(C)CN2CCOCC2)cs1. The second-order valence-corrected chi connectivity index (χ2v) is 6.06. The van der Waals surface area contributed by atoms with Gasteiger partial charge in [0.2, 0.25) is 0 Å². The lowest BCUT2D eigenvalue weighted by Gasteiger charge is -2.30. The highest BCUT2D eigenvalue weighted by molar-refractivity contribution is 7.09. The first-order valence-corrected chi connectivity index (χ1v) is 7.51. The maximum absolute atomic E-state index is 5.36. The fourth-order valence-corrected chi connectivity index (χ4v) is 3.02. The molecule has 1 aliphatic heterocycles. The van der Waals surface area contributed by atoms with Crippen molar-refractivity contribution in [2.24, 2.45) is 0 Å². The van der Waals surface area contributed by atoms with Crippen molar-refractivity contribution in [2.45, 2.75) is 32.9 Å². The van der Waals surface area contributed by atoms with Crippen LogP contribution in [0, 0.1) is 6.92 Å². The van der Waals surface area contributed by atoms with Crippen LogP contribution in [0.1, 0.15) is 30.6 Å². The van der Waals surface area contributed by atoms with Crippen LogP contribution in [0.2, 0.25) is 0 Å². The largest absolute Gasteiger partial charge is 0.379 e. The van der Waals surface area contributed by atoms with E-state index in [2.05, 4.69) is 41.4 Å². The van der Waals surface area contributed by atoms with E-state index in [-0.39, 0.29) is 0 Å². The van der Waals surface area contributed by atoms with E-state index in [9.17, 15) is 0 Å². The van der Waals surface area contributed by atoms with Crippen molar-refractivity contribution in [3.8, 4) is 0 Å². The monoisotopic (exact) mass is 269 g/mol. The van der Waals surface area contributed by atoms with Crippen molar-refractivity contribution < 1.29 is 4.74 Å². The number of nitrogens with zero attached hydrogens (tertiary/aromatic N) is 2. The zero-order valence-electron chi connectivity index (χ0n) is 11.5. The molecule has 1 aromatic heterocycles. The fourth-order valence-electron chi connectivity index (χ4n) is 2.31. The van der Waals surface area contributed by atoms with E-state index in [0.29, 0.717) is 12.1 Å². The Morgan fingerprint density at radius 2 is 2.17 bits per heavy atom. The van der Waals surface area contributed by atoms with E-state index in [1.807, 2.05) is 0 Å². The third kappa shape index (κ3) is 4.02. The van der Waals surface area contributed by atoms with E-state index < -0.39 is 0 Å². The zero-order chi connectivity index (χ0) is 13.0. The predicted molar refractivity (Wildman–Crippen MR) is 75.1 cm³/mol. The van der Waals surface area contributed by atoms with Gasteiger partial charge < -0.3 is 10.1 Å². The highest BCUT2D eigenvalue weighted by Gasteiger charge is 2.16. The van der Waals surface area contributed by atoms with Gasteiger partial charge in [0.15, 0.2) is 0 Å². The molecule has 0 aromatic carbocycles. The Labute approximate surface area is 113 Å². The molecular weight excluding hydrogens is 246 g/mol. The molecule has 1 N–H and O–H groups in total. The standard InChI is InChI=1S/C13H23N3OS/c1-10(8-16-4-6-17-7-5-16)14-11(2)13-9-18-12(3)15-13/h9-11,14H,4-8H2,1-3H3. The minimum Gasteiger partial charge on any atom is -0.379 e. The van der Waals surface area contributed by atoms with Crippen molar-refractivity contribution in [2.75, 3.05) is 32.8 Å². The molecule has 1 aromatic rings. The predicted octanol–water partition coefficient (Wildman–Crippen LogP) is 1.82. The number of thiazole rings is 1. The number of hydrogen-bond donors (Lipinski definition) is 1.